The van der Waals surface area contributed by atoms with E-state index in [1.807, 2.05) is 42.7 Å². The molecule has 0 saturated carbocycles. The van der Waals surface area contributed by atoms with Gasteiger partial charge in [-0.2, -0.15) is 4.98 Å². The van der Waals surface area contributed by atoms with Crippen molar-refractivity contribution in [2.75, 3.05) is 0 Å². The zero-order chi connectivity index (χ0) is 17.9. The Morgan fingerprint density at radius 1 is 1.19 bits per heavy atom. The number of fused-ring (bicyclic) bond motifs is 1. The first-order chi connectivity index (χ1) is 12.7. The topological polar surface area (TPSA) is 85.8 Å². The minimum atomic E-state index is -0.183. The molecule has 0 aliphatic carbocycles. The maximum atomic E-state index is 12.1. The molecule has 7 nitrogen and oxygen atoms in total. The fraction of sp³-hybridized carbons (Fsp3) is 0.158. The van der Waals surface area contributed by atoms with Gasteiger partial charge in [0, 0.05) is 17.7 Å². The highest BCUT2D eigenvalue weighted by atomic mass is 16.5. The molecule has 26 heavy (non-hydrogen) atoms. The second-order valence-electron chi connectivity index (χ2n) is 5.79. The Balaban J connectivity index is 1.48. The number of imidazole rings is 1. The van der Waals surface area contributed by atoms with Crippen LogP contribution < -0.4 is 5.32 Å². The summed E-state index contributed by atoms with van der Waals surface area (Å²) in [5, 5.41) is 6.77. The van der Waals surface area contributed by atoms with E-state index < -0.39 is 0 Å². The fourth-order valence-corrected chi connectivity index (χ4v) is 2.75. The molecule has 2 aromatic carbocycles. The van der Waals surface area contributed by atoms with Gasteiger partial charge >= 0.3 is 0 Å². The monoisotopic (exact) mass is 347 g/mol. The molecule has 4 aromatic rings. The number of hydrogen-bond acceptors (Lipinski definition) is 5. The van der Waals surface area contributed by atoms with Crippen molar-refractivity contribution in [2.24, 2.45) is 0 Å². The number of nitrogens with one attached hydrogen (secondary N) is 1. The van der Waals surface area contributed by atoms with Gasteiger partial charge in [-0.05, 0) is 37.3 Å². The van der Waals surface area contributed by atoms with Gasteiger partial charge in [-0.1, -0.05) is 23.4 Å². The van der Waals surface area contributed by atoms with Crippen molar-refractivity contribution in [1.29, 1.82) is 0 Å². The highest BCUT2D eigenvalue weighted by Gasteiger charge is 2.12. The maximum absolute atomic E-state index is 12.1. The van der Waals surface area contributed by atoms with Gasteiger partial charge < -0.3 is 14.4 Å². The summed E-state index contributed by atoms with van der Waals surface area (Å²) in [5.74, 6) is 0.641. The van der Waals surface area contributed by atoms with Crippen molar-refractivity contribution < 1.29 is 9.32 Å². The number of amides is 1. The number of nitrogens with zero attached hydrogens (tertiary/aromatic N) is 4. The lowest BCUT2D eigenvalue weighted by atomic mass is 10.2. The third kappa shape index (κ3) is 3.06. The van der Waals surface area contributed by atoms with Crippen molar-refractivity contribution in [1.82, 2.24) is 25.0 Å². The first kappa shape index (κ1) is 16.0. The molecule has 0 spiro atoms. The van der Waals surface area contributed by atoms with Crippen LogP contribution in [0.25, 0.3) is 22.4 Å². The summed E-state index contributed by atoms with van der Waals surface area (Å²) in [6, 6.07) is 14.9. The van der Waals surface area contributed by atoms with E-state index in [1.165, 1.54) is 0 Å². The molecule has 0 radical (unpaired) electrons. The van der Waals surface area contributed by atoms with Crippen LogP contribution in [-0.2, 0) is 13.1 Å². The molecule has 0 aliphatic heterocycles. The van der Waals surface area contributed by atoms with Crippen molar-refractivity contribution >= 4 is 16.9 Å². The zero-order valence-electron chi connectivity index (χ0n) is 14.2. The van der Waals surface area contributed by atoms with Crippen LogP contribution in [-0.4, -0.2) is 25.6 Å². The molecule has 0 atom stereocenters. The molecule has 1 amide bonds. The number of rotatable bonds is 5. The Morgan fingerprint density at radius 2 is 2.04 bits per heavy atom. The lowest BCUT2D eigenvalue weighted by Gasteiger charge is -2.01. The first-order valence-corrected chi connectivity index (χ1v) is 8.35. The quantitative estimate of drug-likeness (QED) is 0.600. The largest absolute Gasteiger partial charge is 0.343 e. The van der Waals surface area contributed by atoms with Crippen LogP contribution in [0.5, 0.6) is 0 Å². The van der Waals surface area contributed by atoms with Gasteiger partial charge in [0.1, 0.15) is 0 Å². The molecule has 4 rings (SSSR count). The van der Waals surface area contributed by atoms with Gasteiger partial charge in [0.25, 0.3) is 5.91 Å². The Morgan fingerprint density at radius 3 is 2.85 bits per heavy atom. The molecule has 0 fully saturated rings. The van der Waals surface area contributed by atoms with Gasteiger partial charge in [0.05, 0.1) is 23.9 Å². The van der Waals surface area contributed by atoms with Crippen molar-refractivity contribution in [3.8, 4) is 11.4 Å². The van der Waals surface area contributed by atoms with Crippen molar-refractivity contribution in [3.63, 3.8) is 0 Å². The van der Waals surface area contributed by atoms with Crippen LogP contribution in [0.4, 0.5) is 0 Å². The first-order valence-electron chi connectivity index (χ1n) is 8.35. The summed E-state index contributed by atoms with van der Waals surface area (Å²) in [5.41, 5.74) is 3.36. The summed E-state index contributed by atoms with van der Waals surface area (Å²) in [7, 11) is 0. The highest BCUT2D eigenvalue weighted by molar-refractivity contribution is 5.94. The van der Waals surface area contributed by atoms with Gasteiger partial charge in [-0.3, -0.25) is 4.79 Å². The Kier molecular flexibility index (Phi) is 4.18. The van der Waals surface area contributed by atoms with Crippen molar-refractivity contribution in [3.05, 3.63) is 66.3 Å². The van der Waals surface area contributed by atoms with Gasteiger partial charge in [0.15, 0.2) is 0 Å². The van der Waals surface area contributed by atoms with Crippen LogP contribution >= 0.6 is 0 Å². The van der Waals surface area contributed by atoms with Gasteiger partial charge in [-0.15, -0.1) is 0 Å². The predicted octanol–water partition coefficient (Wildman–Crippen LogP) is 3.04. The Labute approximate surface area is 149 Å². The zero-order valence-corrected chi connectivity index (χ0v) is 14.2. The van der Waals surface area contributed by atoms with E-state index in [1.54, 1.807) is 12.1 Å². The summed E-state index contributed by atoms with van der Waals surface area (Å²) in [4.78, 5) is 20.8. The van der Waals surface area contributed by atoms with Crippen molar-refractivity contribution in [2.45, 2.75) is 20.0 Å². The van der Waals surface area contributed by atoms with Crippen LogP contribution in [0.2, 0.25) is 0 Å². The Bertz CT molecular complexity index is 1050. The number of hydrogen-bond donors (Lipinski definition) is 1. The molecule has 2 heterocycles. The number of benzene rings is 2. The average molecular weight is 347 g/mol. The van der Waals surface area contributed by atoms with E-state index in [0.717, 1.165) is 23.1 Å². The minimum Gasteiger partial charge on any atom is -0.343 e. The molecular weight excluding hydrogens is 330 g/mol. The molecule has 130 valence electrons. The van der Waals surface area contributed by atoms with Gasteiger partial charge in [0.2, 0.25) is 11.7 Å². The van der Waals surface area contributed by atoms with Crippen LogP contribution in [0, 0.1) is 0 Å². The number of aromatic nitrogens is 4. The lowest BCUT2D eigenvalue weighted by Crippen LogP contribution is -2.22. The van der Waals surface area contributed by atoms with E-state index >= 15 is 0 Å². The molecule has 0 aliphatic rings. The number of carbonyl (C=O) groups is 1. The van der Waals surface area contributed by atoms with E-state index in [4.69, 9.17) is 4.52 Å². The molecule has 0 bridgehead atoms. The SMILES string of the molecule is CCn1cnc2cc(-c3noc(CNC(=O)c4ccccc4)n3)ccc21. The number of carbonyl (C=O) groups excluding carboxylic acids is 1. The molecule has 2 aromatic heterocycles. The molecule has 1 N–H and O–H groups in total. The van der Waals surface area contributed by atoms with Crippen LogP contribution in [0.15, 0.2) is 59.4 Å². The third-order valence-electron chi connectivity index (χ3n) is 4.12. The average Bonchev–Trinajstić information content (AvgIpc) is 3.33. The second kappa shape index (κ2) is 6.79. The smallest absolute Gasteiger partial charge is 0.251 e. The minimum absolute atomic E-state index is 0.174. The second-order valence-corrected chi connectivity index (χ2v) is 5.79. The normalized spacial score (nSPS) is 11.0. The summed E-state index contributed by atoms with van der Waals surface area (Å²) >= 11 is 0. The van der Waals surface area contributed by atoms with Gasteiger partial charge in [-0.25, -0.2) is 4.98 Å². The standard InChI is InChI=1S/C19H17N5O2/c1-2-24-12-21-15-10-14(8-9-16(15)24)18-22-17(26-23-18)11-20-19(25)13-6-4-3-5-7-13/h3-10,12H,2,11H2,1H3,(H,20,25). The predicted molar refractivity (Wildman–Crippen MR) is 96.3 cm³/mol. The molecule has 7 heteroatoms. The maximum Gasteiger partial charge on any atom is 0.251 e. The van der Waals surface area contributed by atoms with E-state index in [-0.39, 0.29) is 12.5 Å². The number of aryl methyl sites for hydroxylation is 1. The molecule has 0 unspecified atom stereocenters. The van der Waals surface area contributed by atoms with Crippen LogP contribution in [0.1, 0.15) is 23.2 Å². The summed E-state index contributed by atoms with van der Waals surface area (Å²) < 4.78 is 7.31. The van der Waals surface area contributed by atoms with E-state index in [0.29, 0.717) is 17.3 Å². The van der Waals surface area contributed by atoms with Crippen LogP contribution in [0.3, 0.4) is 0 Å². The van der Waals surface area contributed by atoms with E-state index in [9.17, 15) is 4.79 Å². The molecular formula is C19H17N5O2. The Hall–Kier alpha value is -3.48. The summed E-state index contributed by atoms with van der Waals surface area (Å²) in [6.07, 6.45) is 1.81. The lowest BCUT2D eigenvalue weighted by molar-refractivity contribution is 0.0946. The molecule has 0 saturated heterocycles. The summed E-state index contributed by atoms with van der Waals surface area (Å²) in [6.45, 7) is 3.11. The highest BCUT2D eigenvalue weighted by Crippen LogP contribution is 2.21. The third-order valence-corrected chi connectivity index (χ3v) is 4.12. The van der Waals surface area contributed by atoms with E-state index in [2.05, 4.69) is 31.9 Å². The fourth-order valence-electron chi connectivity index (χ4n) is 2.75.